The number of hydrogen-bond acceptors (Lipinski definition) is 6. The van der Waals surface area contributed by atoms with E-state index in [1.165, 1.54) is 6.33 Å². The van der Waals surface area contributed by atoms with Gasteiger partial charge in [-0.15, -0.1) is 0 Å². The Labute approximate surface area is 143 Å². The van der Waals surface area contributed by atoms with Crippen molar-refractivity contribution >= 4 is 11.7 Å². The van der Waals surface area contributed by atoms with Crippen LogP contribution in [0.1, 0.15) is 26.2 Å². The van der Waals surface area contributed by atoms with Crippen LogP contribution in [0.4, 0.5) is 5.82 Å². The molecule has 0 bridgehead atoms. The predicted octanol–water partition coefficient (Wildman–Crippen LogP) is 1.34. The lowest BCUT2D eigenvalue weighted by molar-refractivity contribution is -0.145. The van der Waals surface area contributed by atoms with Gasteiger partial charge in [0, 0.05) is 38.9 Å². The van der Waals surface area contributed by atoms with E-state index in [9.17, 15) is 4.79 Å². The van der Waals surface area contributed by atoms with Crippen molar-refractivity contribution in [1.82, 2.24) is 14.9 Å². The van der Waals surface area contributed by atoms with Gasteiger partial charge in [-0.25, -0.2) is 9.97 Å². The average molecular weight is 334 g/mol. The van der Waals surface area contributed by atoms with Crippen molar-refractivity contribution < 1.29 is 14.3 Å². The fraction of sp³-hybridized carbons (Fsp3) is 0.706. The van der Waals surface area contributed by atoms with Gasteiger partial charge in [0.2, 0.25) is 11.8 Å². The molecular weight excluding hydrogens is 308 g/mol. The molecule has 1 amide bonds. The van der Waals surface area contributed by atoms with Crippen LogP contribution in [0.3, 0.4) is 0 Å². The maximum Gasteiger partial charge on any atom is 0.228 e. The lowest BCUT2D eigenvalue weighted by Crippen LogP contribution is -2.52. The lowest BCUT2D eigenvalue weighted by Gasteiger charge is -2.39. The molecule has 0 spiro atoms. The molecular formula is C17H26N4O3. The van der Waals surface area contributed by atoms with Crippen molar-refractivity contribution in [2.45, 2.75) is 32.3 Å². The topological polar surface area (TPSA) is 67.8 Å². The maximum atomic E-state index is 12.8. The molecule has 0 aliphatic carbocycles. The summed E-state index contributed by atoms with van der Waals surface area (Å²) in [5.74, 6) is 1.68. The number of carbonyl (C=O) groups excluding carboxylic acids is 1. The van der Waals surface area contributed by atoms with Crippen molar-refractivity contribution in [2.75, 3.05) is 44.8 Å². The first-order chi connectivity index (χ1) is 11.7. The molecule has 1 aromatic rings. The summed E-state index contributed by atoms with van der Waals surface area (Å²) in [7, 11) is 1.60. The zero-order valence-corrected chi connectivity index (χ0v) is 14.5. The van der Waals surface area contributed by atoms with Crippen LogP contribution >= 0.6 is 0 Å². The number of nitrogens with zero attached hydrogens (tertiary/aromatic N) is 4. The third-order valence-electron chi connectivity index (χ3n) is 4.91. The van der Waals surface area contributed by atoms with Crippen LogP contribution in [-0.2, 0) is 9.53 Å². The van der Waals surface area contributed by atoms with Gasteiger partial charge in [0.25, 0.3) is 0 Å². The molecule has 132 valence electrons. The minimum absolute atomic E-state index is 0.0226. The molecule has 7 nitrogen and oxygen atoms in total. The number of piperazine rings is 1. The summed E-state index contributed by atoms with van der Waals surface area (Å²) < 4.78 is 10.9. The molecule has 24 heavy (non-hydrogen) atoms. The highest BCUT2D eigenvalue weighted by Gasteiger charge is 2.34. The normalized spacial score (nSPS) is 24.8. The summed E-state index contributed by atoms with van der Waals surface area (Å²) in [4.78, 5) is 25.3. The quantitative estimate of drug-likeness (QED) is 0.828. The van der Waals surface area contributed by atoms with Gasteiger partial charge in [0.05, 0.1) is 19.1 Å². The van der Waals surface area contributed by atoms with Crippen LogP contribution in [-0.4, -0.2) is 66.8 Å². The van der Waals surface area contributed by atoms with Crippen LogP contribution in [0.5, 0.6) is 5.88 Å². The third-order valence-corrected chi connectivity index (χ3v) is 4.91. The zero-order chi connectivity index (χ0) is 16.9. The van der Waals surface area contributed by atoms with Gasteiger partial charge in [-0.2, -0.15) is 0 Å². The number of anilines is 1. The molecule has 0 radical (unpaired) electrons. The largest absolute Gasteiger partial charge is 0.481 e. The van der Waals surface area contributed by atoms with Gasteiger partial charge >= 0.3 is 0 Å². The molecule has 2 fully saturated rings. The van der Waals surface area contributed by atoms with E-state index in [0.717, 1.165) is 57.9 Å². The van der Waals surface area contributed by atoms with Crippen LogP contribution in [0.25, 0.3) is 0 Å². The Hall–Kier alpha value is -1.89. The number of carbonyl (C=O) groups is 1. The highest BCUT2D eigenvalue weighted by Crippen LogP contribution is 2.26. The molecule has 1 aromatic heterocycles. The third kappa shape index (κ3) is 3.61. The van der Waals surface area contributed by atoms with Crippen LogP contribution in [0.2, 0.25) is 0 Å². The van der Waals surface area contributed by atoms with Crippen LogP contribution in [0, 0.1) is 5.92 Å². The number of amides is 1. The second-order valence-corrected chi connectivity index (χ2v) is 6.30. The highest BCUT2D eigenvalue weighted by molar-refractivity contribution is 5.79. The molecule has 2 atom stereocenters. The molecule has 2 aliphatic heterocycles. The molecule has 7 heteroatoms. The van der Waals surface area contributed by atoms with Gasteiger partial charge in [0.15, 0.2) is 0 Å². The number of methoxy groups -OCH3 is 1. The molecule has 3 rings (SSSR count). The first-order valence-electron chi connectivity index (χ1n) is 8.74. The second kappa shape index (κ2) is 7.79. The smallest absolute Gasteiger partial charge is 0.228 e. The molecule has 0 saturated carbocycles. The Bertz CT molecular complexity index is 561. The van der Waals surface area contributed by atoms with E-state index in [4.69, 9.17) is 9.47 Å². The fourth-order valence-corrected chi connectivity index (χ4v) is 3.53. The van der Waals surface area contributed by atoms with E-state index in [-0.39, 0.29) is 17.9 Å². The summed E-state index contributed by atoms with van der Waals surface area (Å²) in [6, 6.07) is 1.83. The Balaban J connectivity index is 1.59. The SMILES string of the molecule is CCC1OCCCC1C(=O)N1CCN(c2cc(OC)ncn2)CC1. The van der Waals surface area contributed by atoms with Crippen molar-refractivity contribution in [3.05, 3.63) is 12.4 Å². The number of hydrogen-bond donors (Lipinski definition) is 0. The Kier molecular flexibility index (Phi) is 5.50. The molecule has 0 aromatic carbocycles. The minimum Gasteiger partial charge on any atom is -0.481 e. The van der Waals surface area contributed by atoms with Gasteiger partial charge in [-0.1, -0.05) is 6.92 Å². The monoisotopic (exact) mass is 334 g/mol. The van der Waals surface area contributed by atoms with E-state index in [2.05, 4.69) is 21.8 Å². The van der Waals surface area contributed by atoms with E-state index in [1.54, 1.807) is 7.11 Å². The van der Waals surface area contributed by atoms with E-state index in [0.29, 0.717) is 5.88 Å². The second-order valence-electron chi connectivity index (χ2n) is 6.30. The Morgan fingerprint density at radius 3 is 2.83 bits per heavy atom. The maximum absolute atomic E-state index is 12.8. The summed E-state index contributed by atoms with van der Waals surface area (Å²) in [6.07, 6.45) is 4.41. The number of rotatable bonds is 4. The fourth-order valence-electron chi connectivity index (χ4n) is 3.53. The standard InChI is InChI=1S/C17H26N4O3/c1-3-14-13(5-4-10-24-14)17(22)21-8-6-20(7-9-21)15-11-16(23-2)19-12-18-15/h11-14H,3-10H2,1-2H3. The van der Waals surface area contributed by atoms with Gasteiger partial charge in [-0.3, -0.25) is 4.79 Å². The summed E-state index contributed by atoms with van der Waals surface area (Å²) in [5.41, 5.74) is 0. The van der Waals surface area contributed by atoms with Crippen LogP contribution in [0.15, 0.2) is 12.4 Å². The summed E-state index contributed by atoms with van der Waals surface area (Å²) in [6.45, 7) is 5.87. The molecule has 2 saturated heterocycles. The molecule has 2 aliphatic rings. The Morgan fingerprint density at radius 2 is 2.12 bits per heavy atom. The van der Waals surface area contributed by atoms with Gasteiger partial charge in [-0.05, 0) is 19.3 Å². The van der Waals surface area contributed by atoms with Crippen molar-refractivity contribution in [1.29, 1.82) is 0 Å². The molecule has 3 heterocycles. The van der Waals surface area contributed by atoms with E-state index < -0.39 is 0 Å². The van der Waals surface area contributed by atoms with E-state index in [1.807, 2.05) is 11.0 Å². The van der Waals surface area contributed by atoms with Crippen molar-refractivity contribution in [3.63, 3.8) is 0 Å². The zero-order valence-electron chi connectivity index (χ0n) is 14.5. The summed E-state index contributed by atoms with van der Waals surface area (Å²) in [5, 5.41) is 0. The first-order valence-corrected chi connectivity index (χ1v) is 8.74. The average Bonchev–Trinajstić information content (AvgIpc) is 2.67. The molecule has 2 unspecified atom stereocenters. The molecule has 0 N–H and O–H groups in total. The van der Waals surface area contributed by atoms with Gasteiger partial charge < -0.3 is 19.3 Å². The lowest BCUT2D eigenvalue weighted by atomic mass is 9.91. The number of aromatic nitrogens is 2. The first kappa shape index (κ1) is 17.0. The number of ether oxygens (including phenoxy) is 2. The van der Waals surface area contributed by atoms with E-state index >= 15 is 0 Å². The van der Waals surface area contributed by atoms with Crippen molar-refractivity contribution in [3.8, 4) is 5.88 Å². The predicted molar refractivity (Wildman–Crippen MR) is 90.1 cm³/mol. The summed E-state index contributed by atoms with van der Waals surface area (Å²) >= 11 is 0. The Morgan fingerprint density at radius 1 is 1.33 bits per heavy atom. The van der Waals surface area contributed by atoms with Gasteiger partial charge in [0.1, 0.15) is 12.1 Å². The minimum atomic E-state index is 0.0226. The highest BCUT2D eigenvalue weighted by atomic mass is 16.5. The van der Waals surface area contributed by atoms with Crippen molar-refractivity contribution in [2.24, 2.45) is 5.92 Å². The van der Waals surface area contributed by atoms with Crippen LogP contribution < -0.4 is 9.64 Å².